The van der Waals surface area contributed by atoms with Gasteiger partial charge >= 0.3 is 5.97 Å². The van der Waals surface area contributed by atoms with E-state index in [4.69, 9.17) is 11.6 Å². The van der Waals surface area contributed by atoms with Crippen LogP contribution in [0.1, 0.15) is 20.8 Å². The Bertz CT molecular complexity index is 134. The highest BCUT2D eigenvalue weighted by atomic mass is 35.5. The van der Waals surface area contributed by atoms with Gasteiger partial charge < -0.3 is 4.74 Å². The first-order chi connectivity index (χ1) is 5.00. The number of hydrogen-bond donors (Lipinski definition) is 0. The molecule has 0 aromatic carbocycles. The highest BCUT2D eigenvalue weighted by Gasteiger charge is 2.23. The van der Waals surface area contributed by atoms with Gasteiger partial charge in [0.05, 0.1) is 13.0 Å². The molecule has 66 valence electrons. The van der Waals surface area contributed by atoms with Gasteiger partial charge in [-0.05, 0) is 12.8 Å². The number of esters is 1. The Morgan fingerprint density at radius 2 is 1.82 bits per heavy atom. The summed E-state index contributed by atoms with van der Waals surface area (Å²) >= 11 is 5.82. The predicted molar refractivity (Wildman–Crippen MR) is 45.7 cm³/mol. The fraction of sp³-hybridized carbons (Fsp3) is 0.875. The maximum atomic E-state index is 11.0. The summed E-state index contributed by atoms with van der Waals surface area (Å²) in [5.74, 6) is -0.151. The number of methoxy groups -OCH3 is 1. The third-order valence-electron chi connectivity index (χ3n) is 2.09. The van der Waals surface area contributed by atoms with Gasteiger partial charge in [0.2, 0.25) is 0 Å². The zero-order valence-corrected chi connectivity index (χ0v) is 8.18. The van der Waals surface area contributed by atoms with Crippen molar-refractivity contribution in [3.63, 3.8) is 0 Å². The van der Waals surface area contributed by atoms with Crippen LogP contribution in [0.5, 0.6) is 0 Å². The van der Waals surface area contributed by atoms with Crippen LogP contribution in [0.3, 0.4) is 0 Å². The summed E-state index contributed by atoms with van der Waals surface area (Å²) in [6, 6.07) is 0. The van der Waals surface area contributed by atoms with Crippen LogP contribution in [-0.4, -0.2) is 18.5 Å². The first-order valence-electron chi connectivity index (χ1n) is 3.72. The Labute approximate surface area is 72.9 Å². The van der Waals surface area contributed by atoms with Gasteiger partial charge in [0.15, 0.2) is 0 Å². The van der Waals surface area contributed by atoms with Crippen LogP contribution in [0.15, 0.2) is 0 Å². The second-order valence-corrected chi connectivity index (χ2v) is 3.54. The van der Waals surface area contributed by atoms with Crippen molar-refractivity contribution in [2.24, 2.45) is 11.8 Å². The van der Waals surface area contributed by atoms with Gasteiger partial charge in [-0.1, -0.05) is 13.8 Å². The second-order valence-electron chi connectivity index (χ2n) is 2.85. The third-order valence-corrected chi connectivity index (χ3v) is 2.48. The summed E-state index contributed by atoms with van der Waals surface area (Å²) in [6.07, 6.45) is 0. The van der Waals surface area contributed by atoms with Crippen LogP contribution in [0.4, 0.5) is 0 Å². The summed E-state index contributed by atoms with van der Waals surface area (Å²) in [7, 11) is 1.39. The Kier molecular flexibility index (Phi) is 4.50. The quantitative estimate of drug-likeness (QED) is 0.489. The number of halogens is 1. The fourth-order valence-electron chi connectivity index (χ4n) is 0.798. The summed E-state index contributed by atoms with van der Waals surface area (Å²) in [5.41, 5.74) is 0. The van der Waals surface area contributed by atoms with E-state index in [1.807, 2.05) is 20.8 Å². The van der Waals surface area contributed by atoms with E-state index in [-0.39, 0.29) is 23.2 Å². The minimum absolute atomic E-state index is 0.00380. The summed E-state index contributed by atoms with van der Waals surface area (Å²) in [5, 5.41) is 0.00380. The monoisotopic (exact) mass is 178 g/mol. The van der Waals surface area contributed by atoms with Crippen molar-refractivity contribution in [3.05, 3.63) is 0 Å². The van der Waals surface area contributed by atoms with Gasteiger partial charge in [-0.25, -0.2) is 0 Å². The van der Waals surface area contributed by atoms with E-state index in [2.05, 4.69) is 4.74 Å². The van der Waals surface area contributed by atoms with Crippen LogP contribution in [0.2, 0.25) is 0 Å². The lowest BCUT2D eigenvalue weighted by Crippen LogP contribution is -2.25. The molecule has 0 radical (unpaired) electrons. The summed E-state index contributed by atoms with van der Waals surface area (Å²) < 4.78 is 4.59. The maximum absolute atomic E-state index is 11.0. The normalized spacial score (nSPS) is 18.6. The molecule has 0 heterocycles. The van der Waals surface area contributed by atoms with E-state index in [9.17, 15) is 4.79 Å². The fourth-order valence-corrected chi connectivity index (χ4v) is 1.02. The molecule has 2 nitrogen and oxygen atoms in total. The molecule has 0 N–H and O–H groups in total. The molecule has 0 fully saturated rings. The maximum Gasteiger partial charge on any atom is 0.308 e. The molecule has 0 bridgehead atoms. The largest absolute Gasteiger partial charge is 0.469 e. The van der Waals surface area contributed by atoms with Crippen molar-refractivity contribution < 1.29 is 9.53 Å². The first kappa shape index (κ1) is 10.8. The molecule has 3 heteroatoms. The van der Waals surface area contributed by atoms with Crippen LogP contribution in [0.25, 0.3) is 0 Å². The van der Waals surface area contributed by atoms with Gasteiger partial charge in [-0.2, -0.15) is 0 Å². The Morgan fingerprint density at radius 3 is 2.09 bits per heavy atom. The predicted octanol–water partition coefficient (Wildman–Crippen LogP) is 2.06. The summed E-state index contributed by atoms with van der Waals surface area (Å²) in [4.78, 5) is 11.0. The minimum Gasteiger partial charge on any atom is -0.469 e. The standard InChI is InChI=1S/C8H15ClO2/c1-5(7(3)9)6(2)8(10)11-4/h5-7H,1-4H3. The molecule has 3 unspecified atom stereocenters. The number of rotatable bonds is 3. The molecule has 0 aromatic heterocycles. The van der Waals surface area contributed by atoms with E-state index in [0.29, 0.717) is 0 Å². The van der Waals surface area contributed by atoms with Crippen molar-refractivity contribution in [1.82, 2.24) is 0 Å². The van der Waals surface area contributed by atoms with Crippen molar-refractivity contribution in [1.29, 1.82) is 0 Å². The molecule has 0 aliphatic heterocycles. The van der Waals surface area contributed by atoms with Crippen molar-refractivity contribution >= 4 is 17.6 Å². The number of ether oxygens (including phenoxy) is 1. The number of hydrogen-bond acceptors (Lipinski definition) is 2. The average molecular weight is 179 g/mol. The zero-order valence-electron chi connectivity index (χ0n) is 7.43. The van der Waals surface area contributed by atoms with Crippen molar-refractivity contribution in [2.45, 2.75) is 26.1 Å². The lowest BCUT2D eigenvalue weighted by molar-refractivity contribution is -0.146. The number of alkyl halides is 1. The molecule has 0 aliphatic rings. The van der Waals surface area contributed by atoms with E-state index >= 15 is 0 Å². The van der Waals surface area contributed by atoms with E-state index in [0.717, 1.165) is 0 Å². The highest BCUT2D eigenvalue weighted by Crippen LogP contribution is 2.20. The minimum atomic E-state index is -0.190. The van der Waals surface area contributed by atoms with Crippen molar-refractivity contribution in [3.8, 4) is 0 Å². The Morgan fingerprint density at radius 1 is 1.36 bits per heavy atom. The van der Waals surface area contributed by atoms with Gasteiger partial charge in [0.1, 0.15) is 0 Å². The van der Waals surface area contributed by atoms with Crippen molar-refractivity contribution in [2.75, 3.05) is 7.11 Å². The van der Waals surface area contributed by atoms with Gasteiger partial charge in [-0.15, -0.1) is 11.6 Å². The van der Waals surface area contributed by atoms with Gasteiger partial charge in [0, 0.05) is 5.38 Å². The van der Waals surface area contributed by atoms with Crippen LogP contribution in [-0.2, 0) is 9.53 Å². The SMILES string of the molecule is COC(=O)C(C)C(C)C(C)Cl. The molecular weight excluding hydrogens is 164 g/mol. The molecule has 0 amide bonds. The third kappa shape index (κ3) is 3.10. The lowest BCUT2D eigenvalue weighted by Gasteiger charge is -2.19. The summed E-state index contributed by atoms with van der Waals surface area (Å²) in [6.45, 7) is 5.65. The van der Waals surface area contributed by atoms with E-state index in [1.54, 1.807) is 0 Å². The lowest BCUT2D eigenvalue weighted by atomic mass is 9.93. The van der Waals surface area contributed by atoms with E-state index in [1.165, 1.54) is 7.11 Å². The molecule has 0 saturated carbocycles. The van der Waals surface area contributed by atoms with E-state index < -0.39 is 0 Å². The molecule has 0 rings (SSSR count). The average Bonchev–Trinajstić information content (AvgIpc) is 2.00. The van der Waals surface area contributed by atoms with Gasteiger partial charge in [-0.3, -0.25) is 4.79 Å². The smallest absolute Gasteiger partial charge is 0.308 e. The Hall–Kier alpha value is -0.240. The van der Waals surface area contributed by atoms with Crippen LogP contribution in [0, 0.1) is 11.8 Å². The molecule has 3 atom stereocenters. The highest BCUT2D eigenvalue weighted by molar-refractivity contribution is 6.20. The molecule has 0 spiro atoms. The zero-order chi connectivity index (χ0) is 9.02. The van der Waals surface area contributed by atoms with Crippen LogP contribution < -0.4 is 0 Å². The Balaban J connectivity index is 4.01. The molecule has 0 aromatic rings. The topological polar surface area (TPSA) is 26.3 Å². The molecular formula is C8H15ClO2. The molecule has 0 saturated heterocycles. The second kappa shape index (κ2) is 4.60. The molecule has 11 heavy (non-hydrogen) atoms. The number of carbonyl (C=O) groups excluding carboxylic acids is 1. The van der Waals surface area contributed by atoms with Crippen LogP contribution >= 0.6 is 11.6 Å². The number of carbonyl (C=O) groups is 1. The molecule has 0 aliphatic carbocycles. The first-order valence-corrected chi connectivity index (χ1v) is 4.16. The van der Waals surface area contributed by atoms with Gasteiger partial charge in [0.25, 0.3) is 0 Å².